The molecule has 1 N–H and O–H groups in total. The van der Waals surface area contributed by atoms with E-state index in [0.29, 0.717) is 0 Å². The number of carbonyl (C=O) groups is 1. The van der Waals surface area contributed by atoms with Crippen LogP contribution in [0.1, 0.15) is 44.9 Å². The molecule has 98 valence electrons. The van der Waals surface area contributed by atoms with E-state index in [0.717, 1.165) is 32.0 Å². The summed E-state index contributed by atoms with van der Waals surface area (Å²) in [6.45, 7) is 2.01. The van der Waals surface area contributed by atoms with Crippen LogP contribution in [0, 0.1) is 0 Å². The molecule has 0 radical (unpaired) electrons. The molecule has 1 saturated carbocycles. The van der Waals surface area contributed by atoms with Crippen LogP contribution in [0.2, 0.25) is 0 Å². The van der Waals surface area contributed by atoms with Gasteiger partial charge in [0.25, 0.3) is 0 Å². The van der Waals surface area contributed by atoms with Gasteiger partial charge in [0, 0.05) is 19.1 Å². The van der Waals surface area contributed by atoms with Crippen molar-refractivity contribution in [3.63, 3.8) is 0 Å². The molecule has 2 aliphatic rings. The van der Waals surface area contributed by atoms with Crippen molar-refractivity contribution in [3.8, 4) is 0 Å². The van der Waals surface area contributed by atoms with Crippen molar-refractivity contribution in [2.75, 3.05) is 19.7 Å². The molecule has 0 unspecified atom stereocenters. The molecule has 1 saturated heterocycles. The molecule has 0 bridgehead atoms. The van der Waals surface area contributed by atoms with Crippen molar-refractivity contribution >= 4 is 5.97 Å². The number of aliphatic carboxylic acids is 1. The topological polar surface area (TPSA) is 49.8 Å². The van der Waals surface area contributed by atoms with Gasteiger partial charge in [-0.2, -0.15) is 0 Å². The summed E-state index contributed by atoms with van der Waals surface area (Å²) >= 11 is 0. The molecule has 4 heteroatoms. The zero-order valence-electron chi connectivity index (χ0n) is 10.4. The Kier molecular flexibility index (Phi) is 4.80. The molecule has 1 heterocycles. The van der Waals surface area contributed by atoms with E-state index >= 15 is 0 Å². The zero-order valence-corrected chi connectivity index (χ0v) is 10.4. The molecule has 0 spiro atoms. The molecule has 0 aromatic heterocycles. The minimum atomic E-state index is -0.861. The maximum atomic E-state index is 10.4. The molecular weight excluding hydrogens is 218 g/mol. The molecule has 1 aliphatic heterocycles. The number of piperidine rings is 1. The van der Waals surface area contributed by atoms with Crippen LogP contribution < -0.4 is 0 Å². The lowest BCUT2D eigenvalue weighted by molar-refractivity contribution is -0.145. The first-order chi connectivity index (χ1) is 8.25. The number of hydrogen-bond acceptors (Lipinski definition) is 3. The van der Waals surface area contributed by atoms with E-state index < -0.39 is 5.97 Å². The molecular formula is C13H23NO3. The van der Waals surface area contributed by atoms with Gasteiger partial charge in [0.2, 0.25) is 0 Å². The van der Waals surface area contributed by atoms with Crippen molar-refractivity contribution in [3.05, 3.63) is 0 Å². The first-order valence-electron chi connectivity index (χ1n) is 6.83. The standard InChI is InChI=1S/C13H23NO3/c15-13(16)10-17-12-6-8-14(9-7-12)11-4-2-1-3-5-11/h11-12H,1-10H2,(H,15,16). The average Bonchev–Trinajstić information content (AvgIpc) is 2.38. The number of likely N-dealkylation sites (tertiary alicyclic amines) is 1. The van der Waals surface area contributed by atoms with E-state index in [1.807, 2.05) is 0 Å². The van der Waals surface area contributed by atoms with Crippen molar-refractivity contribution in [2.24, 2.45) is 0 Å². The van der Waals surface area contributed by atoms with E-state index in [2.05, 4.69) is 4.90 Å². The monoisotopic (exact) mass is 241 g/mol. The molecule has 4 nitrogen and oxygen atoms in total. The van der Waals surface area contributed by atoms with Crippen LogP contribution in [-0.2, 0) is 9.53 Å². The molecule has 17 heavy (non-hydrogen) atoms. The minimum absolute atomic E-state index is 0.145. The fourth-order valence-corrected chi connectivity index (χ4v) is 3.04. The Labute approximate surface area is 103 Å². The summed E-state index contributed by atoms with van der Waals surface area (Å²) in [5, 5.41) is 8.56. The van der Waals surface area contributed by atoms with E-state index in [1.54, 1.807) is 0 Å². The van der Waals surface area contributed by atoms with Gasteiger partial charge < -0.3 is 14.7 Å². The largest absolute Gasteiger partial charge is 0.480 e. The van der Waals surface area contributed by atoms with Gasteiger partial charge in [-0.15, -0.1) is 0 Å². The first-order valence-corrected chi connectivity index (χ1v) is 6.83. The van der Waals surface area contributed by atoms with Gasteiger partial charge in [0.1, 0.15) is 6.61 Å². The highest BCUT2D eigenvalue weighted by Gasteiger charge is 2.26. The second-order valence-corrected chi connectivity index (χ2v) is 5.23. The Balaban J connectivity index is 1.68. The van der Waals surface area contributed by atoms with Gasteiger partial charge in [0.05, 0.1) is 6.10 Å². The van der Waals surface area contributed by atoms with Crippen LogP contribution in [0.4, 0.5) is 0 Å². The van der Waals surface area contributed by atoms with Gasteiger partial charge >= 0.3 is 5.97 Å². The Morgan fingerprint density at radius 1 is 1.12 bits per heavy atom. The van der Waals surface area contributed by atoms with Crippen LogP contribution in [0.5, 0.6) is 0 Å². The fourth-order valence-electron chi connectivity index (χ4n) is 3.04. The quantitative estimate of drug-likeness (QED) is 0.816. The predicted octanol–water partition coefficient (Wildman–Crippen LogP) is 1.88. The zero-order chi connectivity index (χ0) is 12.1. The fraction of sp³-hybridized carbons (Fsp3) is 0.923. The Bertz CT molecular complexity index is 243. The second-order valence-electron chi connectivity index (χ2n) is 5.23. The summed E-state index contributed by atoms with van der Waals surface area (Å²) in [6, 6.07) is 0.782. The highest BCUT2D eigenvalue weighted by Crippen LogP contribution is 2.25. The lowest BCUT2D eigenvalue weighted by Crippen LogP contribution is -2.44. The molecule has 2 fully saturated rings. The molecule has 1 aliphatic carbocycles. The van der Waals surface area contributed by atoms with E-state index in [4.69, 9.17) is 9.84 Å². The summed E-state index contributed by atoms with van der Waals surface area (Å²) in [5.41, 5.74) is 0. The van der Waals surface area contributed by atoms with E-state index in [9.17, 15) is 4.79 Å². The van der Waals surface area contributed by atoms with E-state index in [-0.39, 0.29) is 12.7 Å². The lowest BCUT2D eigenvalue weighted by atomic mass is 9.92. The molecule has 0 amide bonds. The third-order valence-electron chi connectivity index (χ3n) is 4.01. The normalized spacial score (nSPS) is 24.9. The minimum Gasteiger partial charge on any atom is -0.480 e. The van der Waals surface area contributed by atoms with Gasteiger partial charge in [0.15, 0.2) is 0 Å². The van der Waals surface area contributed by atoms with Gasteiger partial charge in [-0.3, -0.25) is 0 Å². The smallest absolute Gasteiger partial charge is 0.329 e. The highest BCUT2D eigenvalue weighted by atomic mass is 16.5. The number of carboxylic acids is 1. The second kappa shape index (κ2) is 6.36. The van der Waals surface area contributed by atoms with Crippen molar-refractivity contribution < 1.29 is 14.6 Å². The highest BCUT2D eigenvalue weighted by molar-refractivity contribution is 5.68. The number of nitrogens with zero attached hydrogens (tertiary/aromatic N) is 1. The van der Waals surface area contributed by atoms with Crippen LogP contribution in [0.15, 0.2) is 0 Å². The summed E-state index contributed by atoms with van der Waals surface area (Å²) in [7, 11) is 0. The average molecular weight is 241 g/mol. The van der Waals surface area contributed by atoms with Gasteiger partial charge in [-0.05, 0) is 25.7 Å². The SMILES string of the molecule is O=C(O)COC1CCN(C2CCCCC2)CC1. The first kappa shape index (κ1) is 12.8. The van der Waals surface area contributed by atoms with Crippen molar-refractivity contribution in [1.29, 1.82) is 0 Å². The van der Waals surface area contributed by atoms with Crippen molar-refractivity contribution in [2.45, 2.75) is 57.1 Å². The van der Waals surface area contributed by atoms with Crippen LogP contribution in [-0.4, -0.2) is 47.8 Å². The summed E-state index contributed by atoms with van der Waals surface area (Å²) in [4.78, 5) is 13.0. The summed E-state index contributed by atoms with van der Waals surface area (Å²) in [6.07, 6.45) is 8.98. The summed E-state index contributed by atoms with van der Waals surface area (Å²) < 4.78 is 5.35. The Hall–Kier alpha value is -0.610. The third-order valence-corrected chi connectivity index (χ3v) is 4.01. The van der Waals surface area contributed by atoms with Crippen LogP contribution in [0.25, 0.3) is 0 Å². The molecule has 0 atom stereocenters. The van der Waals surface area contributed by atoms with Crippen LogP contribution >= 0.6 is 0 Å². The number of hydrogen-bond donors (Lipinski definition) is 1. The number of rotatable bonds is 4. The predicted molar refractivity (Wildman–Crippen MR) is 65.1 cm³/mol. The van der Waals surface area contributed by atoms with Crippen LogP contribution in [0.3, 0.4) is 0 Å². The lowest BCUT2D eigenvalue weighted by Gasteiger charge is -2.39. The Morgan fingerprint density at radius 2 is 1.76 bits per heavy atom. The van der Waals surface area contributed by atoms with E-state index in [1.165, 1.54) is 32.1 Å². The third kappa shape index (κ3) is 3.96. The maximum absolute atomic E-state index is 10.4. The molecule has 2 rings (SSSR count). The molecule has 0 aromatic rings. The summed E-state index contributed by atoms with van der Waals surface area (Å²) in [5.74, 6) is -0.861. The number of carboxylic acid groups (broad SMARTS) is 1. The molecule has 0 aromatic carbocycles. The number of ether oxygens (including phenoxy) is 1. The van der Waals surface area contributed by atoms with Gasteiger partial charge in [-0.1, -0.05) is 19.3 Å². The van der Waals surface area contributed by atoms with Crippen molar-refractivity contribution in [1.82, 2.24) is 4.90 Å². The Morgan fingerprint density at radius 3 is 2.35 bits per heavy atom. The maximum Gasteiger partial charge on any atom is 0.329 e. The van der Waals surface area contributed by atoms with Gasteiger partial charge in [-0.25, -0.2) is 4.79 Å².